The van der Waals surface area contributed by atoms with Crippen LogP contribution in [0.1, 0.15) is 33.9 Å². The van der Waals surface area contributed by atoms with Crippen LogP contribution in [0, 0.1) is 0 Å². The number of nitrogens with one attached hydrogen (secondary N) is 2. The van der Waals surface area contributed by atoms with Crippen molar-refractivity contribution in [3.8, 4) is 0 Å². The van der Waals surface area contributed by atoms with E-state index in [9.17, 15) is 9.59 Å². The lowest BCUT2D eigenvalue weighted by atomic mass is 10.2. The van der Waals surface area contributed by atoms with Crippen molar-refractivity contribution in [1.82, 2.24) is 5.32 Å². The van der Waals surface area contributed by atoms with Crippen LogP contribution in [-0.4, -0.2) is 38.5 Å². The van der Waals surface area contributed by atoms with Crippen molar-refractivity contribution in [3.05, 3.63) is 10.4 Å². The summed E-state index contributed by atoms with van der Waals surface area (Å²) in [6.45, 7) is 5.05. The molecule has 0 aliphatic rings. The summed E-state index contributed by atoms with van der Waals surface area (Å²) in [5.74, 6) is -0.453. The minimum absolute atomic E-state index is 0.148. The second kappa shape index (κ2) is 7.10. The Bertz CT molecular complexity index is 471. The Morgan fingerprint density at radius 1 is 1.42 bits per heavy atom. The average Bonchev–Trinajstić information content (AvgIpc) is 2.71. The number of nitrogens with two attached hydrogens (primary N) is 1. The molecule has 6 nitrogen and oxygen atoms in total. The highest BCUT2D eigenvalue weighted by Gasteiger charge is 2.23. The van der Waals surface area contributed by atoms with Gasteiger partial charge >= 0.3 is 0 Å². The molecule has 0 aromatic carbocycles. The van der Waals surface area contributed by atoms with Gasteiger partial charge in [0.2, 0.25) is 0 Å². The number of carbonyl (C=O) groups is 2. The predicted octanol–water partition coefficient (Wildman–Crippen LogP) is 1.34. The van der Waals surface area contributed by atoms with Crippen LogP contribution in [-0.2, 0) is 4.74 Å². The lowest BCUT2D eigenvalue weighted by Crippen LogP contribution is -2.20. The fraction of sp³-hybridized carbons (Fsp3) is 0.500. The van der Waals surface area contributed by atoms with Crippen LogP contribution in [0.2, 0.25) is 0 Å². The first-order valence-corrected chi connectivity index (χ1v) is 6.81. The summed E-state index contributed by atoms with van der Waals surface area (Å²) in [6.07, 6.45) is 0. The number of hydrogen-bond donors (Lipinski definition) is 3. The zero-order valence-electron chi connectivity index (χ0n) is 11.3. The van der Waals surface area contributed by atoms with Gasteiger partial charge in [0.15, 0.2) is 5.78 Å². The van der Waals surface area contributed by atoms with Gasteiger partial charge in [-0.2, -0.15) is 0 Å². The summed E-state index contributed by atoms with van der Waals surface area (Å²) in [6, 6.07) is 0. The van der Waals surface area contributed by atoms with E-state index in [1.165, 1.54) is 25.3 Å². The molecule has 1 amide bonds. The van der Waals surface area contributed by atoms with Crippen LogP contribution in [0.5, 0.6) is 0 Å². The molecule has 1 rings (SSSR count). The Kier molecular flexibility index (Phi) is 5.78. The topological polar surface area (TPSA) is 93.4 Å². The standard InChI is InChI=1S/C12H19N3O3S/c1-4-18-6-5-15-12-8(11(17)14-3)9(13)10(19-12)7(2)16/h15H,4-6,13H2,1-3H3,(H,14,17). The number of anilines is 2. The van der Waals surface area contributed by atoms with Crippen LogP contribution in [0.15, 0.2) is 0 Å². The summed E-state index contributed by atoms with van der Waals surface area (Å²) in [7, 11) is 1.52. The first kappa shape index (κ1) is 15.5. The largest absolute Gasteiger partial charge is 0.397 e. The monoisotopic (exact) mass is 285 g/mol. The van der Waals surface area contributed by atoms with Gasteiger partial charge in [-0.15, -0.1) is 11.3 Å². The number of ketones is 1. The van der Waals surface area contributed by atoms with E-state index in [0.717, 1.165) is 0 Å². The molecule has 4 N–H and O–H groups in total. The molecule has 0 bridgehead atoms. The maximum Gasteiger partial charge on any atom is 0.256 e. The number of ether oxygens (including phenoxy) is 1. The quantitative estimate of drug-likeness (QED) is 0.519. The van der Waals surface area contributed by atoms with Gasteiger partial charge in [0, 0.05) is 27.1 Å². The number of thiophene rings is 1. The highest BCUT2D eigenvalue weighted by molar-refractivity contribution is 7.19. The number of Topliss-reactive ketones (excluding diaryl/α,β-unsaturated/α-hetero) is 1. The van der Waals surface area contributed by atoms with Crippen LogP contribution >= 0.6 is 11.3 Å². The molecule has 0 saturated heterocycles. The van der Waals surface area contributed by atoms with E-state index in [1.54, 1.807) is 0 Å². The van der Waals surface area contributed by atoms with Crippen molar-refractivity contribution in [2.24, 2.45) is 0 Å². The second-order valence-corrected chi connectivity index (χ2v) is 4.83. The highest BCUT2D eigenvalue weighted by Crippen LogP contribution is 2.35. The third-order valence-corrected chi connectivity index (χ3v) is 3.72. The molecule has 0 aliphatic heterocycles. The number of hydrogen-bond acceptors (Lipinski definition) is 6. The molecular weight excluding hydrogens is 266 g/mol. The molecule has 19 heavy (non-hydrogen) atoms. The number of rotatable bonds is 7. The maximum absolute atomic E-state index is 11.8. The third kappa shape index (κ3) is 3.68. The summed E-state index contributed by atoms with van der Waals surface area (Å²) in [4.78, 5) is 23.7. The average molecular weight is 285 g/mol. The van der Waals surface area contributed by atoms with E-state index in [0.29, 0.717) is 35.2 Å². The molecule has 1 aromatic rings. The molecular formula is C12H19N3O3S. The Hall–Kier alpha value is -1.60. The molecule has 0 unspecified atom stereocenters. The summed E-state index contributed by atoms with van der Waals surface area (Å²) in [5.41, 5.74) is 6.43. The van der Waals surface area contributed by atoms with Gasteiger partial charge in [0.1, 0.15) is 5.00 Å². The molecule has 1 aromatic heterocycles. The molecule has 0 radical (unpaired) electrons. The second-order valence-electron chi connectivity index (χ2n) is 3.81. The van der Waals surface area contributed by atoms with Gasteiger partial charge in [0.25, 0.3) is 5.91 Å². The zero-order chi connectivity index (χ0) is 14.4. The molecule has 0 aliphatic carbocycles. The van der Waals surface area contributed by atoms with Gasteiger partial charge in [-0.3, -0.25) is 9.59 Å². The van der Waals surface area contributed by atoms with Crippen molar-refractivity contribution in [1.29, 1.82) is 0 Å². The molecule has 106 valence electrons. The zero-order valence-corrected chi connectivity index (χ0v) is 12.1. The van der Waals surface area contributed by atoms with Crippen molar-refractivity contribution in [2.75, 3.05) is 37.9 Å². The predicted molar refractivity (Wildman–Crippen MR) is 77.1 cm³/mol. The summed E-state index contributed by atoms with van der Waals surface area (Å²) < 4.78 is 5.21. The Morgan fingerprint density at radius 2 is 2.11 bits per heavy atom. The van der Waals surface area contributed by atoms with Crippen molar-refractivity contribution >= 4 is 33.7 Å². The highest BCUT2D eigenvalue weighted by atomic mass is 32.1. The molecule has 0 fully saturated rings. The van der Waals surface area contributed by atoms with Gasteiger partial charge < -0.3 is 21.1 Å². The SMILES string of the molecule is CCOCCNc1sc(C(C)=O)c(N)c1C(=O)NC. The molecule has 0 saturated carbocycles. The lowest BCUT2D eigenvalue weighted by Gasteiger charge is -2.07. The summed E-state index contributed by atoms with van der Waals surface area (Å²) in [5, 5.41) is 6.20. The van der Waals surface area contributed by atoms with Crippen LogP contribution < -0.4 is 16.4 Å². The van der Waals surface area contributed by atoms with E-state index >= 15 is 0 Å². The number of amides is 1. The van der Waals surface area contributed by atoms with Gasteiger partial charge in [-0.25, -0.2) is 0 Å². The number of carbonyl (C=O) groups excluding carboxylic acids is 2. The summed E-state index contributed by atoms with van der Waals surface area (Å²) >= 11 is 1.19. The smallest absolute Gasteiger partial charge is 0.256 e. The maximum atomic E-state index is 11.8. The first-order valence-electron chi connectivity index (χ1n) is 5.99. The van der Waals surface area contributed by atoms with E-state index in [-0.39, 0.29) is 17.4 Å². The van der Waals surface area contributed by atoms with E-state index in [4.69, 9.17) is 10.5 Å². The van der Waals surface area contributed by atoms with Gasteiger partial charge in [-0.05, 0) is 6.92 Å². The Balaban J connectivity index is 2.97. The van der Waals surface area contributed by atoms with Crippen molar-refractivity contribution < 1.29 is 14.3 Å². The first-order chi connectivity index (χ1) is 9.02. The Morgan fingerprint density at radius 3 is 2.63 bits per heavy atom. The fourth-order valence-electron chi connectivity index (χ4n) is 1.56. The van der Waals surface area contributed by atoms with E-state index in [2.05, 4.69) is 10.6 Å². The molecule has 7 heteroatoms. The fourth-order valence-corrected chi connectivity index (χ4v) is 2.60. The van der Waals surface area contributed by atoms with Crippen molar-refractivity contribution in [3.63, 3.8) is 0 Å². The Labute approximate surface area is 116 Å². The van der Waals surface area contributed by atoms with E-state index < -0.39 is 0 Å². The molecule has 0 atom stereocenters. The van der Waals surface area contributed by atoms with Crippen LogP contribution in [0.3, 0.4) is 0 Å². The third-order valence-electron chi connectivity index (χ3n) is 2.46. The van der Waals surface area contributed by atoms with Crippen LogP contribution in [0.25, 0.3) is 0 Å². The van der Waals surface area contributed by atoms with Crippen LogP contribution in [0.4, 0.5) is 10.7 Å². The minimum atomic E-state index is -0.305. The molecule has 0 spiro atoms. The van der Waals surface area contributed by atoms with Gasteiger partial charge in [0.05, 0.1) is 22.7 Å². The molecule has 1 heterocycles. The van der Waals surface area contributed by atoms with Crippen molar-refractivity contribution in [2.45, 2.75) is 13.8 Å². The number of nitrogen functional groups attached to an aromatic ring is 1. The normalized spacial score (nSPS) is 10.3. The van der Waals surface area contributed by atoms with Gasteiger partial charge in [-0.1, -0.05) is 0 Å². The minimum Gasteiger partial charge on any atom is -0.397 e. The van der Waals surface area contributed by atoms with E-state index in [1.807, 2.05) is 6.92 Å². The lowest BCUT2D eigenvalue weighted by molar-refractivity contribution is 0.0964.